The summed E-state index contributed by atoms with van der Waals surface area (Å²) >= 11 is 7.54. The lowest BCUT2D eigenvalue weighted by Gasteiger charge is -2.27. The Morgan fingerprint density at radius 2 is 2.00 bits per heavy atom. The highest BCUT2D eigenvalue weighted by Crippen LogP contribution is 2.37. The predicted molar refractivity (Wildman–Crippen MR) is 148 cm³/mol. The van der Waals surface area contributed by atoms with Crippen LogP contribution in [0.2, 0.25) is 4.34 Å². The number of carbonyl (C=O) groups is 4. The molecule has 5 amide bonds. The third kappa shape index (κ3) is 6.26. The van der Waals surface area contributed by atoms with Crippen molar-refractivity contribution in [3.63, 3.8) is 0 Å². The number of nitrogens with zero attached hydrogens (tertiary/aromatic N) is 4. The molecule has 0 spiro atoms. The molecule has 0 radical (unpaired) electrons. The van der Waals surface area contributed by atoms with E-state index in [-0.39, 0.29) is 19.0 Å². The SMILES string of the molecule is CN(CC(=O)Nc1cccc(-c2cnc(NCCN3C(=O)NC(=O)C3(C)C)nc2-c2ccc(Cl)s2)c1)C(=O)O. The van der Waals surface area contributed by atoms with E-state index < -0.39 is 23.6 Å². The van der Waals surface area contributed by atoms with Crippen LogP contribution in [0.25, 0.3) is 21.7 Å². The first-order chi connectivity index (χ1) is 18.5. The van der Waals surface area contributed by atoms with Crippen molar-refractivity contribution < 1.29 is 24.3 Å². The molecule has 0 aliphatic carbocycles. The zero-order valence-corrected chi connectivity index (χ0v) is 22.9. The molecule has 3 aromatic rings. The molecule has 2 aromatic heterocycles. The number of amides is 5. The zero-order valence-electron chi connectivity index (χ0n) is 21.3. The van der Waals surface area contributed by atoms with Gasteiger partial charge >= 0.3 is 12.1 Å². The first kappa shape index (κ1) is 27.8. The number of hydrogen-bond donors (Lipinski definition) is 4. The molecule has 0 atom stereocenters. The van der Waals surface area contributed by atoms with Gasteiger partial charge in [0.2, 0.25) is 11.9 Å². The summed E-state index contributed by atoms with van der Waals surface area (Å²) in [6.45, 7) is 3.61. The van der Waals surface area contributed by atoms with Crippen molar-refractivity contribution in [2.24, 2.45) is 0 Å². The summed E-state index contributed by atoms with van der Waals surface area (Å²) in [5.74, 6) is -0.505. The van der Waals surface area contributed by atoms with Gasteiger partial charge in [0.1, 0.15) is 12.1 Å². The van der Waals surface area contributed by atoms with Crippen LogP contribution in [0.1, 0.15) is 13.8 Å². The number of carboxylic acid groups (broad SMARTS) is 1. The van der Waals surface area contributed by atoms with Gasteiger partial charge in [-0.2, -0.15) is 0 Å². The van der Waals surface area contributed by atoms with Crippen LogP contribution in [0.4, 0.5) is 21.2 Å². The second-order valence-corrected chi connectivity index (χ2v) is 10.9. The summed E-state index contributed by atoms with van der Waals surface area (Å²) in [6.07, 6.45) is 0.442. The molecule has 1 aliphatic heterocycles. The maximum atomic E-state index is 12.3. The average molecular weight is 572 g/mol. The third-order valence-corrected chi connectivity index (χ3v) is 7.31. The molecule has 4 N–H and O–H groups in total. The molecule has 1 saturated heterocycles. The summed E-state index contributed by atoms with van der Waals surface area (Å²) < 4.78 is 0.583. The van der Waals surface area contributed by atoms with Gasteiger partial charge < -0.3 is 25.5 Å². The van der Waals surface area contributed by atoms with Gasteiger partial charge in [-0.05, 0) is 43.7 Å². The highest BCUT2D eigenvalue weighted by Gasteiger charge is 2.45. The number of benzene rings is 1. The van der Waals surface area contributed by atoms with E-state index in [9.17, 15) is 19.2 Å². The van der Waals surface area contributed by atoms with Crippen molar-refractivity contribution in [3.8, 4) is 21.7 Å². The van der Waals surface area contributed by atoms with Crippen LogP contribution in [0.15, 0.2) is 42.6 Å². The maximum Gasteiger partial charge on any atom is 0.407 e. The van der Waals surface area contributed by atoms with E-state index in [4.69, 9.17) is 21.7 Å². The van der Waals surface area contributed by atoms with Crippen LogP contribution >= 0.6 is 22.9 Å². The van der Waals surface area contributed by atoms with Crippen LogP contribution in [0, 0.1) is 0 Å². The van der Waals surface area contributed by atoms with Crippen molar-refractivity contribution in [3.05, 3.63) is 46.9 Å². The first-order valence-corrected chi connectivity index (χ1v) is 13.0. The molecule has 14 heteroatoms. The Bertz CT molecular complexity index is 1440. The molecular formula is C25H26ClN7O5S. The molecule has 0 bridgehead atoms. The number of rotatable bonds is 9. The molecule has 39 heavy (non-hydrogen) atoms. The van der Waals surface area contributed by atoms with E-state index in [2.05, 4.69) is 20.9 Å². The van der Waals surface area contributed by atoms with Gasteiger partial charge in [0, 0.05) is 37.6 Å². The van der Waals surface area contributed by atoms with Gasteiger partial charge in [0.25, 0.3) is 5.91 Å². The summed E-state index contributed by atoms with van der Waals surface area (Å²) in [5.41, 5.74) is 1.54. The van der Waals surface area contributed by atoms with Crippen molar-refractivity contribution in [2.45, 2.75) is 19.4 Å². The fraction of sp³-hybridized carbons (Fsp3) is 0.280. The van der Waals surface area contributed by atoms with E-state index in [1.807, 2.05) is 12.1 Å². The van der Waals surface area contributed by atoms with E-state index >= 15 is 0 Å². The van der Waals surface area contributed by atoms with Gasteiger partial charge in [-0.25, -0.2) is 19.6 Å². The second-order valence-electron chi connectivity index (χ2n) is 9.22. The number of thiophene rings is 1. The molecule has 0 unspecified atom stereocenters. The van der Waals surface area contributed by atoms with Gasteiger partial charge in [-0.1, -0.05) is 23.7 Å². The largest absolute Gasteiger partial charge is 0.465 e. The minimum atomic E-state index is -1.20. The van der Waals surface area contributed by atoms with Crippen molar-refractivity contribution >= 4 is 58.5 Å². The predicted octanol–water partition coefficient (Wildman–Crippen LogP) is 3.82. The molecule has 1 aliphatic rings. The Hall–Kier alpha value is -4.23. The van der Waals surface area contributed by atoms with E-state index in [0.29, 0.717) is 33.8 Å². The van der Waals surface area contributed by atoms with E-state index in [1.165, 1.54) is 23.3 Å². The number of imide groups is 1. The zero-order chi connectivity index (χ0) is 28.3. The monoisotopic (exact) mass is 571 g/mol. The number of halogens is 1. The van der Waals surface area contributed by atoms with Crippen LogP contribution in [-0.4, -0.2) is 81.0 Å². The minimum absolute atomic E-state index is 0.259. The minimum Gasteiger partial charge on any atom is -0.465 e. The number of nitrogens with one attached hydrogen (secondary N) is 3. The number of likely N-dealkylation sites (N-methyl/N-ethyl adjacent to an activating group) is 1. The van der Waals surface area contributed by atoms with Crippen LogP contribution in [0.3, 0.4) is 0 Å². The topological polar surface area (TPSA) is 157 Å². The van der Waals surface area contributed by atoms with Gasteiger partial charge in [-0.3, -0.25) is 14.9 Å². The number of hydrogen-bond acceptors (Lipinski definition) is 8. The molecule has 1 aromatic carbocycles. The Morgan fingerprint density at radius 1 is 1.23 bits per heavy atom. The second kappa shape index (κ2) is 11.3. The van der Waals surface area contributed by atoms with E-state index in [0.717, 1.165) is 15.3 Å². The third-order valence-electron chi connectivity index (χ3n) is 6.07. The lowest BCUT2D eigenvalue weighted by molar-refractivity contribution is -0.125. The lowest BCUT2D eigenvalue weighted by Crippen LogP contribution is -2.46. The molecule has 12 nitrogen and oxygen atoms in total. The molecule has 1 fully saturated rings. The summed E-state index contributed by atoms with van der Waals surface area (Å²) in [5, 5.41) is 17.1. The number of anilines is 2. The highest BCUT2D eigenvalue weighted by molar-refractivity contribution is 7.19. The number of aromatic nitrogens is 2. The Balaban J connectivity index is 1.56. The maximum absolute atomic E-state index is 12.3. The average Bonchev–Trinajstić information content (AvgIpc) is 3.39. The summed E-state index contributed by atoms with van der Waals surface area (Å²) in [6, 6.07) is 10.2. The van der Waals surface area contributed by atoms with E-state index in [1.54, 1.807) is 44.3 Å². The number of urea groups is 1. The van der Waals surface area contributed by atoms with Crippen molar-refractivity contribution in [1.29, 1.82) is 0 Å². The molecule has 0 saturated carbocycles. The Morgan fingerprint density at radius 3 is 2.64 bits per heavy atom. The lowest BCUT2D eigenvalue weighted by atomic mass is 10.0. The van der Waals surface area contributed by atoms with Gasteiger partial charge in [0.15, 0.2) is 0 Å². The molecule has 3 heterocycles. The Kier molecular flexibility index (Phi) is 8.02. The van der Waals surface area contributed by atoms with Crippen molar-refractivity contribution in [2.75, 3.05) is 37.3 Å². The normalized spacial score (nSPS) is 14.2. The fourth-order valence-corrected chi connectivity index (χ4v) is 4.96. The van der Waals surface area contributed by atoms with Crippen molar-refractivity contribution in [1.82, 2.24) is 25.1 Å². The first-order valence-electron chi connectivity index (χ1n) is 11.8. The molecule has 204 valence electrons. The molecular weight excluding hydrogens is 546 g/mol. The highest BCUT2D eigenvalue weighted by atomic mass is 35.5. The van der Waals surface area contributed by atoms with Gasteiger partial charge in [-0.15, -0.1) is 11.3 Å². The van der Waals surface area contributed by atoms with Gasteiger partial charge in [0.05, 0.1) is 14.9 Å². The smallest absolute Gasteiger partial charge is 0.407 e. The fourth-order valence-electron chi connectivity index (χ4n) is 3.91. The number of carbonyl (C=O) groups excluding carboxylic acids is 3. The van der Waals surface area contributed by atoms with Crippen LogP contribution < -0.4 is 16.0 Å². The molecule has 4 rings (SSSR count). The summed E-state index contributed by atoms with van der Waals surface area (Å²) in [7, 11) is 1.31. The van der Waals surface area contributed by atoms with Crippen LogP contribution in [-0.2, 0) is 9.59 Å². The standard InChI is InChI=1S/C25H26ClN7O5S/c1-25(2)21(35)31-23(36)33(25)10-9-27-22-28-12-16(20(30-22)17-7-8-18(26)39-17)14-5-4-6-15(11-14)29-19(34)13-32(3)24(37)38/h4-8,11-12H,9-10,13H2,1-3H3,(H,29,34)(H,37,38)(H,27,28,30)(H,31,35,36). The van der Waals surface area contributed by atoms with Crippen LogP contribution in [0.5, 0.6) is 0 Å². The summed E-state index contributed by atoms with van der Waals surface area (Å²) in [4.78, 5) is 59.7. The Labute approximate surface area is 233 Å². The quantitative estimate of drug-likeness (QED) is 0.282.